The Hall–Kier alpha value is -5.80. The number of ether oxygens (including phenoxy) is 2. The number of hydrogen-bond donors (Lipinski definition) is 0. The first-order chi connectivity index (χ1) is 21.1. The summed E-state index contributed by atoms with van der Waals surface area (Å²) in [5.41, 5.74) is 5.28. The highest BCUT2D eigenvalue weighted by atomic mass is 32.1. The molecule has 0 bridgehead atoms. The van der Waals surface area contributed by atoms with Crippen LogP contribution in [-0.4, -0.2) is 33.6 Å². The van der Waals surface area contributed by atoms with E-state index in [1.165, 1.54) is 11.3 Å². The molecule has 206 valence electrons. The van der Waals surface area contributed by atoms with E-state index >= 15 is 0 Å². The Morgan fingerprint density at radius 1 is 0.512 bits per heavy atom. The van der Waals surface area contributed by atoms with Gasteiger partial charge in [-0.05, 0) is 24.3 Å². The van der Waals surface area contributed by atoms with Gasteiger partial charge in [-0.3, -0.25) is 0 Å². The van der Waals surface area contributed by atoms with E-state index in [4.69, 9.17) is 19.5 Å². The van der Waals surface area contributed by atoms with Crippen molar-refractivity contribution in [2.75, 3.05) is 0 Å². The summed E-state index contributed by atoms with van der Waals surface area (Å²) < 4.78 is 11.5. The number of aromatic nitrogens is 2. The second-order valence-corrected chi connectivity index (χ2v) is 10.4. The van der Waals surface area contributed by atoms with Crippen LogP contribution in [0.2, 0.25) is 0 Å². The third-order valence-electron chi connectivity index (χ3n) is 6.73. The average Bonchev–Trinajstić information content (AvgIpc) is 3.74. The summed E-state index contributed by atoms with van der Waals surface area (Å²) in [7, 11) is 0. The molecule has 0 spiro atoms. The number of fused-ring (bicyclic) bond motifs is 2. The standard InChI is InChI=1S/C34H20N4O4S/c39-31(21-11-3-1-4-12-21)41-29-19-27(23-15-7-9-17-25(23)29)35-33-37-38-34(43-33)36-28-20-30(26-18-10-8-16-24(26)28)42-32(40)22-13-5-2-6-14-22/h1-20H/b35-27+,36-28+. The van der Waals surface area contributed by atoms with Crippen LogP contribution in [0.5, 0.6) is 0 Å². The lowest BCUT2D eigenvalue weighted by Crippen LogP contribution is -2.03. The van der Waals surface area contributed by atoms with Crippen molar-refractivity contribution in [3.63, 3.8) is 0 Å². The molecule has 1 aromatic heterocycles. The fourth-order valence-corrected chi connectivity index (χ4v) is 5.34. The highest BCUT2D eigenvalue weighted by Gasteiger charge is 2.25. The SMILES string of the molecule is O=C(OC1=C/C(=N\c2nnc(/N=C3\C=C(OC(=O)c4ccccc4)c4ccccc43)s2)c2ccccc21)c1ccccc1. The molecule has 2 aliphatic rings. The molecule has 5 aromatic rings. The Balaban J connectivity index is 1.16. The summed E-state index contributed by atoms with van der Waals surface area (Å²) in [5.74, 6) is -0.0665. The van der Waals surface area contributed by atoms with Crippen molar-refractivity contribution < 1.29 is 19.1 Å². The number of esters is 2. The molecule has 0 unspecified atom stereocenters. The van der Waals surface area contributed by atoms with Gasteiger partial charge in [-0.2, -0.15) is 0 Å². The molecular formula is C34H20N4O4S. The van der Waals surface area contributed by atoms with Crippen molar-refractivity contribution in [3.8, 4) is 0 Å². The maximum Gasteiger partial charge on any atom is 0.343 e. The zero-order valence-electron chi connectivity index (χ0n) is 22.4. The van der Waals surface area contributed by atoms with Gasteiger partial charge in [0.2, 0.25) is 10.3 Å². The van der Waals surface area contributed by atoms with Crippen LogP contribution in [0.25, 0.3) is 11.5 Å². The normalized spacial score (nSPS) is 15.1. The molecular weight excluding hydrogens is 560 g/mol. The monoisotopic (exact) mass is 580 g/mol. The minimum atomic E-state index is -0.448. The lowest BCUT2D eigenvalue weighted by atomic mass is 10.1. The van der Waals surface area contributed by atoms with E-state index in [9.17, 15) is 9.59 Å². The van der Waals surface area contributed by atoms with Gasteiger partial charge in [-0.1, -0.05) is 96.3 Å². The van der Waals surface area contributed by atoms with Crippen LogP contribution < -0.4 is 0 Å². The molecule has 0 fully saturated rings. The Kier molecular flexibility index (Phi) is 6.82. The fraction of sp³-hybridized carbons (Fsp3) is 0. The lowest BCUT2D eigenvalue weighted by Gasteiger charge is -2.06. The molecule has 0 aliphatic heterocycles. The zero-order valence-corrected chi connectivity index (χ0v) is 23.2. The van der Waals surface area contributed by atoms with Crippen molar-refractivity contribution in [1.82, 2.24) is 10.2 Å². The van der Waals surface area contributed by atoms with E-state index < -0.39 is 11.9 Å². The number of hydrogen-bond acceptors (Lipinski definition) is 9. The van der Waals surface area contributed by atoms with Gasteiger partial charge in [-0.25, -0.2) is 19.6 Å². The molecule has 0 saturated heterocycles. The van der Waals surface area contributed by atoms with Crippen LogP contribution >= 0.6 is 11.3 Å². The quantitative estimate of drug-likeness (QED) is 0.197. The van der Waals surface area contributed by atoms with Gasteiger partial charge in [0.25, 0.3) is 0 Å². The Bertz CT molecular complexity index is 1870. The fourth-order valence-electron chi connectivity index (χ4n) is 4.73. The summed E-state index contributed by atoms with van der Waals surface area (Å²) in [6.07, 6.45) is 3.45. The molecule has 0 saturated carbocycles. The first-order valence-corrected chi connectivity index (χ1v) is 14.1. The second kappa shape index (κ2) is 11.2. The zero-order chi connectivity index (χ0) is 29.2. The number of aliphatic imine (C=N–C) groups is 2. The van der Waals surface area contributed by atoms with E-state index in [1.54, 1.807) is 60.7 Å². The third-order valence-corrected chi connectivity index (χ3v) is 7.44. The highest BCUT2D eigenvalue weighted by Crippen LogP contribution is 2.35. The van der Waals surface area contributed by atoms with Gasteiger partial charge >= 0.3 is 11.9 Å². The van der Waals surface area contributed by atoms with Crippen LogP contribution in [0.3, 0.4) is 0 Å². The van der Waals surface area contributed by atoms with Crippen molar-refractivity contribution in [1.29, 1.82) is 0 Å². The van der Waals surface area contributed by atoms with Gasteiger partial charge in [0, 0.05) is 34.4 Å². The van der Waals surface area contributed by atoms with Crippen LogP contribution in [0.15, 0.2) is 131 Å². The molecule has 0 radical (unpaired) electrons. The summed E-state index contributed by atoms with van der Waals surface area (Å²) in [4.78, 5) is 34.8. The molecule has 0 amide bonds. The minimum absolute atomic E-state index is 0.391. The van der Waals surface area contributed by atoms with Gasteiger partial charge in [0.15, 0.2) is 0 Å². The van der Waals surface area contributed by atoms with Crippen molar-refractivity contribution in [3.05, 3.63) is 155 Å². The van der Waals surface area contributed by atoms with E-state index in [0.29, 0.717) is 44.3 Å². The number of carbonyl (C=O) groups excluding carboxylic acids is 2. The molecule has 8 nitrogen and oxygen atoms in total. The van der Waals surface area contributed by atoms with Crippen molar-refractivity contribution in [2.45, 2.75) is 0 Å². The van der Waals surface area contributed by atoms with Gasteiger partial charge < -0.3 is 9.47 Å². The molecule has 4 aromatic carbocycles. The number of allylic oxidation sites excluding steroid dienone is 2. The van der Waals surface area contributed by atoms with Gasteiger partial charge in [-0.15, -0.1) is 10.2 Å². The molecule has 2 aliphatic carbocycles. The smallest absolute Gasteiger partial charge is 0.343 e. The Labute approximate surface area is 250 Å². The number of nitrogens with zero attached hydrogens (tertiary/aromatic N) is 4. The molecule has 0 atom stereocenters. The Morgan fingerprint density at radius 3 is 1.30 bits per heavy atom. The first-order valence-electron chi connectivity index (χ1n) is 13.3. The number of benzene rings is 4. The largest absolute Gasteiger partial charge is 0.422 e. The molecule has 9 heteroatoms. The van der Waals surface area contributed by atoms with Crippen LogP contribution in [-0.2, 0) is 9.47 Å². The minimum Gasteiger partial charge on any atom is -0.422 e. The average molecular weight is 581 g/mol. The number of rotatable bonds is 6. The number of carbonyl (C=O) groups is 2. The van der Waals surface area contributed by atoms with E-state index in [2.05, 4.69) is 10.2 Å². The summed E-state index contributed by atoms with van der Waals surface area (Å²) in [6, 6.07) is 32.8. The maximum atomic E-state index is 12.7. The summed E-state index contributed by atoms with van der Waals surface area (Å²) in [5, 5.41) is 9.23. The highest BCUT2D eigenvalue weighted by molar-refractivity contribution is 7.18. The molecule has 0 N–H and O–H groups in total. The van der Waals surface area contributed by atoms with Crippen LogP contribution in [0, 0.1) is 0 Å². The lowest BCUT2D eigenvalue weighted by molar-refractivity contribution is 0.0683. The van der Waals surface area contributed by atoms with E-state index in [-0.39, 0.29) is 0 Å². The molecule has 7 rings (SSSR count). The van der Waals surface area contributed by atoms with E-state index in [1.807, 2.05) is 60.7 Å². The van der Waals surface area contributed by atoms with Crippen molar-refractivity contribution in [2.24, 2.45) is 9.98 Å². The topological polar surface area (TPSA) is 103 Å². The van der Waals surface area contributed by atoms with Gasteiger partial charge in [0.05, 0.1) is 22.6 Å². The van der Waals surface area contributed by atoms with Crippen LogP contribution in [0.4, 0.5) is 10.3 Å². The third kappa shape index (κ3) is 5.32. The summed E-state index contributed by atoms with van der Waals surface area (Å²) >= 11 is 1.21. The van der Waals surface area contributed by atoms with Crippen molar-refractivity contribution >= 4 is 56.5 Å². The molecule has 43 heavy (non-hydrogen) atoms. The Morgan fingerprint density at radius 2 is 0.884 bits per heavy atom. The molecule has 1 heterocycles. The maximum absolute atomic E-state index is 12.7. The van der Waals surface area contributed by atoms with Crippen LogP contribution in [0.1, 0.15) is 43.0 Å². The predicted octanol–water partition coefficient (Wildman–Crippen LogP) is 7.20. The van der Waals surface area contributed by atoms with Gasteiger partial charge in [0.1, 0.15) is 11.5 Å². The first kappa shape index (κ1) is 26.1. The van der Waals surface area contributed by atoms with E-state index in [0.717, 1.165) is 22.3 Å². The second-order valence-electron chi connectivity index (χ2n) is 9.48. The predicted molar refractivity (Wildman–Crippen MR) is 165 cm³/mol. The summed E-state index contributed by atoms with van der Waals surface area (Å²) in [6.45, 7) is 0.